The van der Waals surface area contributed by atoms with E-state index >= 15 is 0 Å². The smallest absolute Gasteiger partial charge is 0.121 e. The molecule has 0 aromatic rings. The monoisotopic (exact) mass is 166 g/mol. The van der Waals surface area contributed by atoms with Crippen LogP contribution in [0.2, 0.25) is 0 Å². The average Bonchev–Trinajstić information content (AvgIpc) is 2.14. The molecule has 0 saturated heterocycles. The molecule has 0 fully saturated rings. The quantitative estimate of drug-likeness (QED) is 0.576. The van der Waals surface area contributed by atoms with Crippen molar-refractivity contribution in [3.63, 3.8) is 0 Å². The van der Waals surface area contributed by atoms with Gasteiger partial charge in [0, 0.05) is 6.42 Å². The second kappa shape index (κ2) is 5.70. The van der Waals surface area contributed by atoms with Gasteiger partial charge in [0.25, 0.3) is 0 Å². The van der Waals surface area contributed by atoms with Crippen molar-refractivity contribution in [2.24, 2.45) is 0 Å². The highest BCUT2D eigenvalue weighted by atomic mass is 16.5. The highest BCUT2D eigenvalue weighted by Crippen LogP contribution is 2.12. The molecule has 2 heteroatoms. The van der Waals surface area contributed by atoms with Gasteiger partial charge in [-0.05, 0) is 6.42 Å². The Bertz CT molecular complexity index is 173. The summed E-state index contributed by atoms with van der Waals surface area (Å²) in [5, 5.41) is 3.99. The zero-order valence-electron chi connectivity index (χ0n) is 7.62. The summed E-state index contributed by atoms with van der Waals surface area (Å²) in [6, 6.07) is 0. The zero-order valence-corrected chi connectivity index (χ0v) is 7.62. The minimum atomic E-state index is 0.994. The Morgan fingerprint density at radius 2 is 2.25 bits per heavy atom. The molecule has 1 rings (SSSR count). The van der Waals surface area contributed by atoms with Crippen LogP contribution >= 0.6 is 0 Å². The Balaban J connectivity index is 2.03. The number of hydrogen-bond acceptors (Lipinski definition) is 1. The van der Waals surface area contributed by atoms with Crippen LogP contribution in [0.25, 0.3) is 0 Å². The first-order valence-electron chi connectivity index (χ1n) is 4.64. The Hall–Kier alpha value is -0.920. The van der Waals surface area contributed by atoms with Crippen molar-refractivity contribution in [2.45, 2.75) is 39.0 Å². The summed E-state index contributed by atoms with van der Waals surface area (Å²) in [6.45, 7) is 2.22. The van der Waals surface area contributed by atoms with Crippen LogP contribution in [-0.2, 0) is 4.74 Å². The Labute approximate surface area is 74.3 Å². The summed E-state index contributed by atoms with van der Waals surface area (Å²) in [7, 11) is 0. The van der Waals surface area contributed by atoms with E-state index in [4.69, 9.17) is 4.74 Å². The molecule has 0 aromatic carbocycles. The predicted molar refractivity (Wildman–Crippen MR) is 49.2 cm³/mol. The maximum absolute atomic E-state index is 5.24. The molecule has 0 aromatic heterocycles. The number of rotatable bonds is 5. The molecular weight excluding hydrogens is 150 g/mol. The first-order chi connectivity index (χ1) is 5.93. The van der Waals surface area contributed by atoms with Crippen LogP contribution in [0.5, 0.6) is 0 Å². The van der Waals surface area contributed by atoms with Crippen LogP contribution in [0.4, 0.5) is 0 Å². The Kier molecular flexibility index (Phi) is 4.35. The average molecular weight is 166 g/mol. The molecule has 0 bridgehead atoms. The first-order valence-corrected chi connectivity index (χ1v) is 4.64. The summed E-state index contributed by atoms with van der Waals surface area (Å²) in [5.74, 6) is 0.994. The summed E-state index contributed by atoms with van der Waals surface area (Å²) < 4.78 is 5.24. The van der Waals surface area contributed by atoms with Gasteiger partial charge in [0.05, 0.1) is 12.4 Å². The maximum atomic E-state index is 5.24. The molecule has 1 heterocycles. The van der Waals surface area contributed by atoms with Crippen LogP contribution in [0.1, 0.15) is 39.0 Å². The molecule has 0 atom stereocenters. The molecule has 0 saturated carbocycles. The van der Waals surface area contributed by atoms with Gasteiger partial charge < -0.3 is 4.74 Å². The van der Waals surface area contributed by atoms with Crippen molar-refractivity contribution in [3.8, 4) is 0 Å². The number of allylic oxidation sites excluding steroid dienone is 1. The van der Waals surface area contributed by atoms with Gasteiger partial charge in [0.2, 0.25) is 0 Å². The number of unbranched alkanes of at least 4 members (excludes halogenated alkanes) is 3. The van der Waals surface area contributed by atoms with E-state index in [-0.39, 0.29) is 0 Å². The normalized spacial score (nSPS) is 14.9. The minimum Gasteiger partial charge on any atom is -0.466 e. The van der Waals surface area contributed by atoms with Gasteiger partial charge in [0.1, 0.15) is 12.0 Å². The van der Waals surface area contributed by atoms with Gasteiger partial charge in [-0.15, -0.1) is 0 Å². The lowest BCUT2D eigenvalue weighted by molar-refractivity contribution is 0.316. The molecule has 12 heavy (non-hydrogen) atoms. The van der Waals surface area contributed by atoms with Crippen molar-refractivity contribution in [3.05, 3.63) is 24.4 Å². The topological polar surface area (TPSA) is 23.3 Å². The molecule has 0 unspecified atom stereocenters. The standard InChI is InChI=1S/C10H16NO/c1-2-3-4-5-6-10-9-11-7-8-12-10/h7-9H,2-6H2,1H3. The van der Waals surface area contributed by atoms with Crippen molar-refractivity contribution in [1.29, 1.82) is 0 Å². The van der Waals surface area contributed by atoms with Gasteiger partial charge in [-0.1, -0.05) is 26.2 Å². The molecule has 0 aliphatic carbocycles. The summed E-state index contributed by atoms with van der Waals surface area (Å²) in [4.78, 5) is 0. The van der Waals surface area contributed by atoms with E-state index in [1.807, 2.05) is 0 Å². The second-order valence-corrected chi connectivity index (χ2v) is 2.96. The van der Waals surface area contributed by atoms with E-state index in [9.17, 15) is 0 Å². The minimum absolute atomic E-state index is 0.994. The predicted octanol–water partition coefficient (Wildman–Crippen LogP) is 2.90. The molecule has 1 aliphatic rings. The second-order valence-electron chi connectivity index (χ2n) is 2.96. The molecule has 0 amide bonds. The van der Waals surface area contributed by atoms with E-state index in [0.717, 1.165) is 12.2 Å². The fourth-order valence-corrected chi connectivity index (χ4v) is 1.16. The molecule has 2 nitrogen and oxygen atoms in total. The SMILES string of the molecule is CCCCCCC1=C[N]C=CO1. The fourth-order valence-electron chi connectivity index (χ4n) is 1.16. The van der Waals surface area contributed by atoms with E-state index in [2.05, 4.69) is 12.2 Å². The van der Waals surface area contributed by atoms with E-state index in [0.29, 0.717) is 0 Å². The van der Waals surface area contributed by atoms with Crippen LogP contribution < -0.4 is 5.32 Å². The highest BCUT2D eigenvalue weighted by Gasteiger charge is 1.99. The van der Waals surface area contributed by atoms with E-state index < -0.39 is 0 Å². The number of ether oxygens (including phenoxy) is 1. The zero-order chi connectivity index (χ0) is 8.65. The van der Waals surface area contributed by atoms with Gasteiger partial charge in [-0.2, -0.15) is 0 Å². The lowest BCUT2D eigenvalue weighted by Crippen LogP contribution is -1.97. The number of hydrogen-bond donors (Lipinski definition) is 0. The third-order valence-corrected chi connectivity index (χ3v) is 1.86. The van der Waals surface area contributed by atoms with Crippen LogP contribution in [0.3, 0.4) is 0 Å². The van der Waals surface area contributed by atoms with Gasteiger partial charge in [-0.25, -0.2) is 0 Å². The number of nitrogens with zero attached hydrogens (tertiary/aromatic N) is 1. The molecule has 1 radical (unpaired) electrons. The molecule has 0 spiro atoms. The van der Waals surface area contributed by atoms with Crippen LogP contribution in [0.15, 0.2) is 24.4 Å². The van der Waals surface area contributed by atoms with E-state index in [1.54, 1.807) is 18.7 Å². The molecule has 1 aliphatic heterocycles. The van der Waals surface area contributed by atoms with Gasteiger partial charge >= 0.3 is 0 Å². The highest BCUT2D eigenvalue weighted by molar-refractivity contribution is 5.00. The maximum Gasteiger partial charge on any atom is 0.121 e. The van der Waals surface area contributed by atoms with Crippen LogP contribution in [0, 0.1) is 0 Å². The lowest BCUT2D eigenvalue weighted by atomic mass is 10.1. The lowest BCUT2D eigenvalue weighted by Gasteiger charge is -2.08. The summed E-state index contributed by atoms with van der Waals surface area (Å²) in [6.07, 6.45) is 11.2. The Morgan fingerprint density at radius 3 is 2.92 bits per heavy atom. The van der Waals surface area contributed by atoms with Gasteiger partial charge in [-0.3, -0.25) is 5.32 Å². The van der Waals surface area contributed by atoms with Crippen molar-refractivity contribution in [1.82, 2.24) is 5.32 Å². The molecule has 0 N–H and O–H groups in total. The van der Waals surface area contributed by atoms with Crippen LogP contribution in [-0.4, -0.2) is 0 Å². The van der Waals surface area contributed by atoms with Gasteiger partial charge in [0.15, 0.2) is 0 Å². The largest absolute Gasteiger partial charge is 0.466 e. The van der Waals surface area contributed by atoms with Crippen molar-refractivity contribution < 1.29 is 4.74 Å². The fraction of sp³-hybridized carbons (Fsp3) is 0.600. The van der Waals surface area contributed by atoms with Crippen molar-refractivity contribution >= 4 is 0 Å². The van der Waals surface area contributed by atoms with Crippen molar-refractivity contribution in [2.75, 3.05) is 0 Å². The molecular formula is C10H16NO. The van der Waals surface area contributed by atoms with E-state index in [1.165, 1.54) is 25.7 Å². The summed E-state index contributed by atoms with van der Waals surface area (Å²) in [5.41, 5.74) is 0. The molecule has 67 valence electrons. The first kappa shape index (κ1) is 9.17. The third-order valence-electron chi connectivity index (χ3n) is 1.86. The third kappa shape index (κ3) is 3.46. The Morgan fingerprint density at radius 1 is 1.33 bits per heavy atom. The summed E-state index contributed by atoms with van der Waals surface area (Å²) >= 11 is 0.